The maximum atomic E-state index is 13.5. The van der Waals surface area contributed by atoms with Crippen LogP contribution in [0.5, 0.6) is 0 Å². The van der Waals surface area contributed by atoms with Gasteiger partial charge < -0.3 is 21.3 Å². The third-order valence-corrected chi connectivity index (χ3v) is 7.58. The molecule has 1 saturated heterocycles. The van der Waals surface area contributed by atoms with Gasteiger partial charge in [0, 0.05) is 29.4 Å². The summed E-state index contributed by atoms with van der Waals surface area (Å²) < 4.78 is 0. The van der Waals surface area contributed by atoms with Gasteiger partial charge in [0.2, 0.25) is 23.5 Å². The third kappa shape index (κ3) is 7.56. The van der Waals surface area contributed by atoms with E-state index in [-0.39, 0.29) is 41.5 Å². The molecular weight excluding hydrogens is 508 g/mol. The summed E-state index contributed by atoms with van der Waals surface area (Å²) in [7, 11) is 0. The molecule has 4 N–H and O–H groups in total. The average molecular weight is 545 g/mol. The highest BCUT2D eigenvalue weighted by molar-refractivity contribution is 6.38. The fraction of sp³-hybridized carbons (Fsp3) is 0.607. The van der Waals surface area contributed by atoms with Gasteiger partial charge in [-0.3, -0.25) is 24.0 Å². The molecule has 2 unspecified atom stereocenters. The van der Waals surface area contributed by atoms with Crippen LogP contribution in [0.1, 0.15) is 70.8 Å². The Balaban J connectivity index is 1.44. The first-order valence-electron chi connectivity index (χ1n) is 13.4. The minimum atomic E-state index is -1.16. The summed E-state index contributed by atoms with van der Waals surface area (Å²) in [5.74, 6) is -3.14. The number of nitrogens with one attached hydrogen (secondary N) is 4. The van der Waals surface area contributed by atoms with E-state index in [2.05, 4.69) is 21.3 Å². The second-order valence-corrected chi connectivity index (χ2v) is 12.4. The van der Waals surface area contributed by atoms with Crippen molar-refractivity contribution in [2.75, 3.05) is 6.54 Å². The lowest BCUT2D eigenvalue weighted by atomic mass is 9.87. The molecule has 5 atom stereocenters. The molecule has 206 valence electrons. The maximum absolute atomic E-state index is 13.5. The van der Waals surface area contributed by atoms with Crippen LogP contribution in [0.4, 0.5) is 0 Å². The van der Waals surface area contributed by atoms with Crippen LogP contribution in [0.2, 0.25) is 5.02 Å². The van der Waals surface area contributed by atoms with E-state index in [1.807, 2.05) is 32.9 Å². The summed E-state index contributed by atoms with van der Waals surface area (Å²) in [4.78, 5) is 64.4. The molecule has 1 aliphatic heterocycles. The highest BCUT2D eigenvalue weighted by atomic mass is 35.5. The number of halogens is 1. The summed E-state index contributed by atoms with van der Waals surface area (Å²) in [5, 5.41) is 11.6. The molecule has 1 aromatic carbocycles. The van der Waals surface area contributed by atoms with Gasteiger partial charge in [0.15, 0.2) is 0 Å². The molecule has 9 nitrogen and oxygen atoms in total. The number of Topliss-reactive ketones (excluding diaryl/α,β-unsaturated/α-hetero) is 1. The molecule has 0 aromatic heterocycles. The van der Waals surface area contributed by atoms with Crippen LogP contribution >= 0.6 is 11.6 Å². The summed E-state index contributed by atoms with van der Waals surface area (Å²) in [6.45, 7) is 6.37. The molecule has 2 aliphatic carbocycles. The molecule has 3 aliphatic rings. The lowest BCUT2D eigenvalue weighted by Gasteiger charge is -2.28. The van der Waals surface area contributed by atoms with Crippen LogP contribution in [0.15, 0.2) is 24.3 Å². The van der Waals surface area contributed by atoms with Gasteiger partial charge >= 0.3 is 0 Å². The second-order valence-electron chi connectivity index (χ2n) is 12.0. The lowest BCUT2D eigenvalue weighted by Crippen LogP contribution is -2.55. The number of carbonyl (C=O) groups excluding carboxylic acids is 5. The summed E-state index contributed by atoms with van der Waals surface area (Å²) in [6.07, 6.45) is 3.21. The van der Waals surface area contributed by atoms with Crippen molar-refractivity contribution in [3.05, 3.63) is 34.9 Å². The minimum Gasteiger partial charge on any atom is -0.356 e. The standard InChI is InChI=1S/C28H37ClN4O5/c1-28(2,3)14-22(33-25(36)20-13-19(20)15-4-6-17(29)7-5-15)26(37)32-21(12-16-10-11-30-24(16)35)23(34)27(38)31-18-8-9-18/h4-7,16,18-22H,8-14H2,1-3H3,(H,30,35)(H,31,38)(H,32,37)(H,33,36)/t16?,19-,20+,21?,22+/m1/s1. The van der Waals surface area contributed by atoms with Gasteiger partial charge in [0.25, 0.3) is 5.91 Å². The first kappa shape index (κ1) is 28.1. The molecule has 0 bridgehead atoms. The smallest absolute Gasteiger partial charge is 0.289 e. The van der Waals surface area contributed by atoms with Gasteiger partial charge in [-0.05, 0) is 67.6 Å². The minimum absolute atomic E-state index is 0.0161. The van der Waals surface area contributed by atoms with Crippen molar-refractivity contribution in [3.8, 4) is 0 Å². The number of hydrogen-bond acceptors (Lipinski definition) is 5. The predicted molar refractivity (Wildman–Crippen MR) is 142 cm³/mol. The van der Waals surface area contributed by atoms with E-state index < -0.39 is 35.6 Å². The van der Waals surface area contributed by atoms with Gasteiger partial charge in [-0.25, -0.2) is 0 Å². The van der Waals surface area contributed by atoms with E-state index >= 15 is 0 Å². The number of rotatable bonds is 11. The van der Waals surface area contributed by atoms with Crippen LogP contribution < -0.4 is 21.3 Å². The zero-order chi connectivity index (χ0) is 27.6. The van der Waals surface area contributed by atoms with Crippen molar-refractivity contribution in [1.82, 2.24) is 21.3 Å². The van der Waals surface area contributed by atoms with Gasteiger partial charge in [0.05, 0.1) is 6.04 Å². The van der Waals surface area contributed by atoms with Crippen molar-refractivity contribution < 1.29 is 24.0 Å². The predicted octanol–water partition coefficient (Wildman–Crippen LogP) is 2.22. The van der Waals surface area contributed by atoms with Crippen LogP contribution in [-0.4, -0.2) is 54.1 Å². The quantitative estimate of drug-likeness (QED) is 0.317. The van der Waals surface area contributed by atoms with Crippen LogP contribution in [-0.2, 0) is 24.0 Å². The van der Waals surface area contributed by atoms with Crippen molar-refractivity contribution in [3.63, 3.8) is 0 Å². The summed E-state index contributed by atoms with van der Waals surface area (Å²) in [5.41, 5.74) is 0.719. The Morgan fingerprint density at radius 2 is 1.71 bits per heavy atom. The molecule has 3 fully saturated rings. The van der Waals surface area contributed by atoms with Gasteiger partial charge in [-0.1, -0.05) is 44.5 Å². The first-order valence-corrected chi connectivity index (χ1v) is 13.8. The van der Waals surface area contributed by atoms with Crippen molar-refractivity contribution in [2.45, 2.75) is 83.3 Å². The molecule has 38 heavy (non-hydrogen) atoms. The monoisotopic (exact) mass is 544 g/mol. The lowest BCUT2D eigenvalue weighted by molar-refractivity contribution is -0.141. The van der Waals surface area contributed by atoms with Crippen molar-refractivity contribution >= 4 is 41.0 Å². The van der Waals surface area contributed by atoms with Crippen molar-refractivity contribution in [2.24, 2.45) is 17.3 Å². The van der Waals surface area contributed by atoms with Crippen LogP contribution in [0.25, 0.3) is 0 Å². The molecule has 1 heterocycles. The Morgan fingerprint density at radius 3 is 2.29 bits per heavy atom. The van der Waals surface area contributed by atoms with E-state index in [0.717, 1.165) is 18.4 Å². The molecule has 0 spiro atoms. The Kier molecular flexibility index (Phi) is 8.45. The SMILES string of the molecule is CC(C)(C)C[C@H](NC(=O)[C@H]1C[C@@H]1c1ccc(Cl)cc1)C(=O)NC(CC1CCNC1=O)C(=O)C(=O)NC1CC1. The Morgan fingerprint density at radius 1 is 1.03 bits per heavy atom. The molecule has 10 heteroatoms. The van der Waals surface area contributed by atoms with Gasteiger partial charge in [0.1, 0.15) is 6.04 Å². The summed E-state index contributed by atoms with van der Waals surface area (Å²) >= 11 is 5.98. The molecule has 4 rings (SSSR count). The molecule has 2 saturated carbocycles. The van der Waals surface area contributed by atoms with Gasteiger partial charge in [-0.15, -0.1) is 0 Å². The van der Waals surface area contributed by atoms with E-state index in [9.17, 15) is 24.0 Å². The topological polar surface area (TPSA) is 133 Å². The fourth-order valence-corrected chi connectivity index (χ4v) is 5.09. The van der Waals surface area contributed by atoms with Crippen LogP contribution in [0, 0.1) is 17.3 Å². The van der Waals surface area contributed by atoms with Gasteiger partial charge in [-0.2, -0.15) is 0 Å². The average Bonchev–Trinajstić information content (AvgIpc) is 3.77. The first-order chi connectivity index (χ1) is 17.9. The molecular formula is C28H37ClN4O5. The highest BCUT2D eigenvalue weighted by Crippen LogP contribution is 2.47. The second kappa shape index (κ2) is 11.4. The maximum Gasteiger partial charge on any atom is 0.289 e. The normalized spacial score (nSPS) is 24.1. The highest BCUT2D eigenvalue weighted by Gasteiger charge is 2.45. The Hall–Kier alpha value is -2.94. The number of hydrogen-bond donors (Lipinski definition) is 4. The Labute approximate surface area is 228 Å². The largest absolute Gasteiger partial charge is 0.356 e. The number of carbonyl (C=O) groups is 5. The number of amides is 4. The molecule has 0 radical (unpaired) electrons. The zero-order valence-corrected chi connectivity index (χ0v) is 22.9. The Bertz CT molecular complexity index is 1100. The number of ketones is 1. The van der Waals surface area contributed by atoms with Crippen LogP contribution in [0.3, 0.4) is 0 Å². The van der Waals surface area contributed by atoms with E-state index in [1.54, 1.807) is 12.1 Å². The number of benzene rings is 1. The molecule has 1 aromatic rings. The van der Waals surface area contributed by atoms with Crippen molar-refractivity contribution in [1.29, 1.82) is 0 Å². The third-order valence-electron chi connectivity index (χ3n) is 7.33. The van der Waals surface area contributed by atoms with E-state index in [1.165, 1.54) is 0 Å². The van der Waals surface area contributed by atoms with E-state index in [4.69, 9.17) is 11.6 Å². The van der Waals surface area contributed by atoms with E-state index in [0.29, 0.717) is 30.8 Å². The zero-order valence-electron chi connectivity index (χ0n) is 22.1. The fourth-order valence-electron chi connectivity index (χ4n) is 4.96. The summed E-state index contributed by atoms with van der Waals surface area (Å²) in [6, 6.07) is 5.33. The molecule has 4 amide bonds.